The van der Waals surface area contributed by atoms with E-state index in [0.29, 0.717) is 24.5 Å². The SMILES string of the molecule is Cn1ncc(NCCc2ncno2)c(Cl)c1=O. The number of hydrogen-bond donors (Lipinski definition) is 1. The molecule has 0 aliphatic rings. The van der Waals surface area contributed by atoms with Crippen LogP contribution in [0.3, 0.4) is 0 Å². The fraction of sp³-hybridized carbons (Fsp3) is 0.333. The number of rotatable bonds is 4. The predicted octanol–water partition coefficient (Wildman–Crippen LogP) is 0.471. The van der Waals surface area contributed by atoms with E-state index in [1.165, 1.54) is 24.3 Å². The Morgan fingerprint density at radius 1 is 1.59 bits per heavy atom. The molecule has 2 heterocycles. The Morgan fingerprint density at radius 2 is 2.41 bits per heavy atom. The summed E-state index contributed by atoms with van der Waals surface area (Å²) in [4.78, 5) is 15.3. The van der Waals surface area contributed by atoms with Crippen LogP contribution in [0.15, 0.2) is 21.8 Å². The van der Waals surface area contributed by atoms with E-state index in [4.69, 9.17) is 16.1 Å². The van der Waals surface area contributed by atoms with Crippen molar-refractivity contribution in [2.45, 2.75) is 6.42 Å². The maximum Gasteiger partial charge on any atom is 0.287 e. The summed E-state index contributed by atoms with van der Waals surface area (Å²) in [6.07, 6.45) is 3.38. The van der Waals surface area contributed by atoms with Gasteiger partial charge in [0.05, 0.1) is 11.9 Å². The fourth-order valence-corrected chi connectivity index (χ4v) is 1.48. The normalized spacial score (nSPS) is 10.5. The molecule has 0 aliphatic carbocycles. The smallest absolute Gasteiger partial charge is 0.287 e. The van der Waals surface area contributed by atoms with E-state index >= 15 is 0 Å². The van der Waals surface area contributed by atoms with Gasteiger partial charge in [0.15, 0.2) is 6.33 Å². The first kappa shape index (κ1) is 11.6. The molecule has 0 fully saturated rings. The van der Waals surface area contributed by atoms with Gasteiger partial charge < -0.3 is 9.84 Å². The van der Waals surface area contributed by atoms with Gasteiger partial charge in [-0.2, -0.15) is 10.1 Å². The van der Waals surface area contributed by atoms with Crippen molar-refractivity contribution in [3.63, 3.8) is 0 Å². The minimum atomic E-state index is -0.338. The Hall–Kier alpha value is -1.89. The van der Waals surface area contributed by atoms with Crippen molar-refractivity contribution in [1.29, 1.82) is 0 Å². The first-order valence-corrected chi connectivity index (χ1v) is 5.27. The molecule has 90 valence electrons. The summed E-state index contributed by atoms with van der Waals surface area (Å²) in [5.74, 6) is 0.519. The van der Waals surface area contributed by atoms with Gasteiger partial charge in [-0.05, 0) is 0 Å². The number of anilines is 1. The summed E-state index contributed by atoms with van der Waals surface area (Å²) in [5, 5.41) is 10.4. The molecule has 0 atom stereocenters. The molecule has 2 rings (SSSR count). The molecule has 1 N–H and O–H groups in total. The molecule has 0 saturated carbocycles. The molecule has 0 saturated heterocycles. The lowest BCUT2D eigenvalue weighted by Gasteiger charge is -2.06. The average molecular weight is 256 g/mol. The highest BCUT2D eigenvalue weighted by molar-refractivity contribution is 6.32. The second-order valence-electron chi connectivity index (χ2n) is 3.31. The molecule has 0 aromatic carbocycles. The van der Waals surface area contributed by atoms with E-state index in [0.717, 1.165) is 0 Å². The molecule has 0 bridgehead atoms. The van der Waals surface area contributed by atoms with E-state index in [-0.39, 0.29) is 10.6 Å². The fourth-order valence-electron chi connectivity index (χ4n) is 1.24. The van der Waals surface area contributed by atoms with E-state index in [1.807, 2.05) is 0 Å². The van der Waals surface area contributed by atoms with Gasteiger partial charge in [0, 0.05) is 20.0 Å². The standard InChI is InChI=1S/C9H10ClN5O2/c1-15-9(16)8(10)6(4-13-15)11-3-2-7-12-5-14-17-7/h4-5,11H,2-3H2,1H3. The molecule has 0 spiro atoms. The Morgan fingerprint density at radius 3 is 3.12 bits per heavy atom. The second kappa shape index (κ2) is 4.96. The van der Waals surface area contributed by atoms with Crippen molar-refractivity contribution in [1.82, 2.24) is 19.9 Å². The lowest BCUT2D eigenvalue weighted by molar-refractivity contribution is 0.380. The first-order chi connectivity index (χ1) is 8.18. The Labute approximate surface area is 101 Å². The lowest BCUT2D eigenvalue weighted by Crippen LogP contribution is -2.21. The molecule has 2 aromatic heterocycles. The zero-order valence-electron chi connectivity index (χ0n) is 9.05. The molecule has 2 aromatic rings. The average Bonchev–Trinajstić information content (AvgIpc) is 2.82. The molecular formula is C9H10ClN5O2. The van der Waals surface area contributed by atoms with Crippen molar-refractivity contribution in [3.05, 3.63) is 33.8 Å². The summed E-state index contributed by atoms with van der Waals surface area (Å²) in [6, 6.07) is 0. The Balaban J connectivity index is 2.00. The second-order valence-corrected chi connectivity index (χ2v) is 3.69. The third-order valence-electron chi connectivity index (χ3n) is 2.14. The Kier molecular flexibility index (Phi) is 3.38. The number of nitrogens with zero attached hydrogens (tertiary/aromatic N) is 4. The van der Waals surface area contributed by atoms with Crippen molar-refractivity contribution in [3.8, 4) is 0 Å². The van der Waals surface area contributed by atoms with E-state index in [2.05, 4.69) is 20.6 Å². The van der Waals surface area contributed by atoms with Gasteiger partial charge in [0.1, 0.15) is 5.02 Å². The van der Waals surface area contributed by atoms with E-state index in [9.17, 15) is 4.79 Å². The predicted molar refractivity (Wildman–Crippen MR) is 61.0 cm³/mol. The van der Waals surface area contributed by atoms with E-state index < -0.39 is 0 Å². The molecule has 7 nitrogen and oxygen atoms in total. The molecule has 0 radical (unpaired) electrons. The molecule has 8 heteroatoms. The lowest BCUT2D eigenvalue weighted by atomic mass is 10.4. The van der Waals surface area contributed by atoms with E-state index in [1.54, 1.807) is 0 Å². The zero-order chi connectivity index (χ0) is 12.3. The summed E-state index contributed by atoms with van der Waals surface area (Å²) in [5.41, 5.74) is 0.156. The number of hydrogen-bond acceptors (Lipinski definition) is 6. The van der Waals surface area contributed by atoms with Crippen LogP contribution in [0.4, 0.5) is 5.69 Å². The van der Waals surface area contributed by atoms with Gasteiger partial charge in [0.25, 0.3) is 5.56 Å². The highest BCUT2D eigenvalue weighted by Crippen LogP contribution is 2.14. The van der Waals surface area contributed by atoms with Crippen LogP contribution in [0.2, 0.25) is 5.02 Å². The molecule has 0 amide bonds. The number of aromatic nitrogens is 4. The van der Waals surface area contributed by atoms with Crippen molar-refractivity contribution in [2.75, 3.05) is 11.9 Å². The van der Waals surface area contributed by atoms with Crippen LogP contribution < -0.4 is 10.9 Å². The maximum atomic E-state index is 11.5. The monoisotopic (exact) mass is 255 g/mol. The zero-order valence-corrected chi connectivity index (χ0v) is 9.81. The summed E-state index contributed by atoms with van der Waals surface area (Å²) >= 11 is 5.87. The van der Waals surface area contributed by atoms with Crippen molar-refractivity contribution in [2.24, 2.45) is 7.05 Å². The molecule has 0 unspecified atom stereocenters. The number of nitrogens with one attached hydrogen (secondary N) is 1. The van der Waals surface area contributed by atoms with Crippen LogP contribution >= 0.6 is 11.6 Å². The quantitative estimate of drug-likeness (QED) is 0.855. The topological polar surface area (TPSA) is 85.8 Å². The maximum absolute atomic E-state index is 11.5. The highest BCUT2D eigenvalue weighted by Gasteiger charge is 2.07. The van der Waals surface area contributed by atoms with Gasteiger partial charge in [-0.25, -0.2) is 4.68 Å². The molecular weight excluding hydrogens is 246 g/mol. The first-order valence-electron chi connectivity index (χ1n) is 4.89. The van der Waals surface area contributed by atoms with Crippen molar-refractivity contribution < 1.29 is 4.52 Å². The minimum absolute atomic E-state index is 0.119. The Bertz CT molecular complexity index is 551. The third-order valence-corrected chi connectivity index (χ3v) is 2.50. The van der Waals surface area contributed by atoms with Crippen LogP contribution in [0, 0.1) is 0 Å². The molecule has 17 heavy (non-hydrogen) atoms. The van der Waals surface area contributed by atoms with Gasteiger partial charge in [0.2, 0.25) is 5.89 Å². The minimum Gasteiger partial charge on any atom is -0.382 e. The van der Waals surface area contributed by atoms with Gasteiger partial charge in [-0.15, -0.1) is 0 Å². The van der Waals surface area contributed by atoms with Crippen LogP contribution in [-0.2, 0) is 13.5 Å². The number of halogens is 1. The van der Waals surface area contributed by atoms with Crippen molar-refractivity contribution >= 4 is 17.3 Å². The van der Waals surface area contributed by atoms with Gasteiger partial charge >= 0.3 is 0 Å². The number of aryl methyl sites for hydroxylation is 1. The largest absolute Gasteiger partial charge is 0.382 e. The summed E-state index contributed by atoms with van der Waals surface area (Å²) in [6.45, 7) is 0.525. The van der Waals surface area contributed by atoms with Crippen LogP contribution in [0.5, 0.6) is 0 Å². The van der Waals surface area contributed by atoms with Gasteiger partial charge in [-0.3, -0.25) is 4.79 Å². The van der Waals surface area contributed by atoms with Crippen LogP contribution in [-0.4, -0.2) is 26.5 Å². The van der Waals surface area contributed by atoms with Crippen LogP contribution in [0.25, 0.3) is 0 Å². The third kappa shape index (κ3) is 2.62. The summed E-state index contributed by atoms with van der Waals surface area (Å²) in [7, 11) is 1.54. The summed E-state index contributed by atoms with van der Waals surface area (Å²) < 4.78 is 6.00. The molecule has 0 aliphatic heterocycles. The van der Waals surface area contributed by atoms with Crippen LogP contribution in [0.1, 0.15) is 5.89 Å². The highest BCUT2D eigenvalue weighted by atomic mass is 35.5. The van der Waals surface area contributed by atoms with Gasteiger partial charge in [-0.1, -0.05) is 16.8 Å².